The van der Waals surface area contributed by atoms with Gasteiger partial charge in [-0.05, 0) is 48.5 Å². The summed E-state index contributed by atoms with van der Waals surface area (Å²) in [4.78, 5) is 37.7. The summed E-state index contributed by atoms with van der Waals surface area (Å²) in [6.45, 7) is 6.69. The molecule has 0 saturated carbocycles. The number of rotatable bonds is 8. The van der Waals surface area contributed by atoms with Crippen LogP contribution < -0.4 is 24.6 Å². The number of carbonyl (C=O) groups excluding carboxylic acids is 1. The van der Waals surface area contributed by atoms with Crippen LogP contribution in [0, 0.1) is 0 Å². The standard InChI is InChI=1S/C19H19Cl2N5O2.C11H15ClN2O.C8H6ClN3O2/c1-28-16-11-13(4-5-15(16)20)24-7-9-25(10-8-24)17(27)12-26-18(21)14-3-2-6-22-19(14)23-26;1-15-11-8-9(2-3-10(11)12)14-6-4-13-5-7-14;9-7-5-2-1-3-10-8(5)11-12(7)4-6(13)14/h2-6,11H,7-10,12H2,1H3;2-3,8,13H,4-7H2,1H3;1-3H,4H2,(H,13,14). The third-order valence-corrected chi connectivity index (χ3v) is 10.6. The van der Waals surface area contributed by atoms with E-state index in [1.807, 2.05) is 47.4 Å². The Labute approximate surface area is 348 Å². The van der Waals surface area contributed by atoms with E-state index in [0.29, 0.717) is 55.9 Å². The van der Waals surface area contributed by atoms with Crippen molar-refractivity contribution < 1.29 is 24.2 Å². The van der Waals surface area contributed by atoms with Crippen molar-refractivity contribution in [2.45, 2.75) is 13.1 Å². The summed E-state index contributed by atoms with van der Waals surface area (Å²) in [5, 5.41) is 23.6. The van der Waals surface area contributed by atoms with Gasteiger partial charge in [0.1, 0.15) is 34.9 Å². The Hall–Kier alpha value is -5.06. The Bertz CT molecular complexity index is 2330. The highest BCUT2D eigenvalue weighted by Gasteiger charge is 2.23. The van der Waals surface area contributed by atoms with E-state index in [1.165, 1.54) is 15.1 Å². The fourth-order valence-electron chi connectivity index (χ4n) is 6.26. The number of pyridine rings is 2. The monoisotopic (exact) mass is 856 g/mol. The molecule has 0 unspecified atom stereocenters. The Morgan fingerprint density at radius 3 is 1.61 bits per heavy atom. The molecule has 2 aliphatic rings. The van der Waals surface area contributed by atoms with Crippen molar-refractivity contribution in [2.24, 2.45) is 0 Å². The first-order valence-electron chi connectivity index (χ1n) is 17.9. The van der Waals surface area contributed by atoms with E-state index >= 15 is 0 Å². The van der Waals surface area contributed by atoms with Gasteiger partial charge in [0.25, 0.3) is 0 Å². The molecule has 4 aromatic heterocycles. The fourth-order valence-corrected chi connectivity index (χ4v) is 7.14. The topological polar surface area (TPSA) is 156 Å². The van der Waals surface area contributed by atoms with Crippen molar-refractivity contribution in [2.75, 3.05) is 76.4 Å². The number of carboxylic acid groups (broad SMARTS) is 1. The maximum atomic E-state index is 12.7. The van der Waals surface area contributed by atoms with Gasteiger partial charge in [-0.2, -0.15) is 10.2 Å². The first kappa shape index (κ1) is 41.6. The summed E-state index contributed by atoms with van der Waals surface area (Å²) in [5.74, 6) is 0.391. The van der Waals surface area contributed by atoms with E-state index in [1.54, 1.807) is 44.8 Å². The Morgan fingerprint density at radius 2 is 1.16 bits per heavy atom. The second-order valence-corrected chi connectivity index (χ2v) is 14.3. The molecule has 8 rings (SSSR count). The first-order valence-corrected chi connectivity index (χ1v) is 19.4. The van der Waals surface area contributed by atoms with Gasteiger partial charge in [-0.25, -0.2) is 19.3 Å². The number of halogens is 4. The number of piperazine rings is 2. The number of hydrogen-bond donors (Lipinski definition) is 2. The van der Waals surface area contributed by atoms with Crippen molar-refractivity contribution in [3.63, 3.8) is 0 Å². The van der Waals surface area contributed by atoms with Gasteiger partial charge >= 0.3 is 5.97 Å². The molecule has 0 aliphatic carbocycles. The lowest BCUT2D eigenvalue weighted by Crippen LogP contribution is -2.49. The predicted octanol–water partition coefficient (Wildman–Crippen LogP) is 6.02. The van der Waals surface area contributed by atoms with Crippen LogP contribution in [0.4, 0.5) is 11.4 Å². The Balaban J connectivity index is 0.000000159. The number of benzene rings is 2. The lowest BCUT2D eigenvalue weighted by atomic mass is 10.2. The Morgan fingerprint density at radius 1 is 0.684 bits per heavy atom. The van der Waals surface area contributed by atoms with Crippen LogP contribution in [0.25, 0.3) is 22.1 Å². The highest BCUT2D eigenvalue weighted by Crippen LogP contribution is 2.31. The van der Waals surface area contributed by atoms with E-state index in [0.717, 1.165) is 56.1 Å². The van der Waals surface area contributed by atoms with Crippen molar-refractivity contribution in [1.82, 2.24) is 39.7 Å². The van der Waals surface area contributed by atoms with E-state index in [-0.39, 0.29) is 19.0 Å². The summed E-state index contributed by atoms with van der Waals surface area (Å²) in [6, 6.07) is 18.7. The lowest BCUT2D eigenvalue weighted by molar-refractivity contribution is -0.138. The summed E-state index contributed by atoms with van der Waals surface area (Å²) in [7, 11) is 3.24. The van der Waals surface area contributed by atoms with Gasteiger partial charge in [0.05, 0.1) is 35.0 Å². The van der Waals surface area contributed by atoms with E-state index in [2.05, 4.69) is 35.3 Å². The molecule has 57 heavy (non-hydrogen) atoms. The molecule has 2 N–H and O–H groups in total. The number of carbonyl (C=O) groups is 2. The summed E-state index contributed by atoms with van der Waals surface area (Å²) in [5.41, 5.74) is 3.21. The average Bonchev–Trinajstić information content (AvgIpc) is 3.72. The minimum absolute atomic E-state index is 0.0111. The third-order valence-electron chi connectivity index (χ3n) is 9.22. The minimum Gasteiger partial charge on any atom is -0.495 e. The number of carboxylic acids is 1. The molecule has 2 fully saturated rings. The number of ether oxygens (including phenoxy) is 2. The van der Waals surface area contributed by atoms with Gasteiger partial charge in [-0.3, -0.25) is 9.59 Å². The van der Waals surface area contributed by atoms with Crippen LogP contribution in [0.2, 0.25) is 20.4 Å². The van der Waals surface area contributed by atoms with Crippen LogP contribution in [0.15, 0.2) is 73.1 Å². The number of aliphatic carboxylic acids is 1. The van der Waals surface area contributed by atoms with Gasteiger partial charge in [-0.15, -0.1) is 0 Å². The zero-order valence-electron chi connectivity index (χ0n) is 31.1. The number of nitrogens with one attached hydrogen (secondary N) is 1. The van der Waals surface area contributed by atoms with Crippen LogP contribution in [-0.2, 0) is 22.7 Å². The zero-order chi connectivity index (χ0) is 40.5. The van der Waals surface area contributed by atoms with Crippen molar-refractivity contribution in [3.8, 4) is 11.5 Å². The zero-order valence-corrected chi connectivity index (χ0v) is 34.1. The molecule has 2 saturated heterocycles. The second kappa shape index (κ2) is 19.4. The average molecular weight is 859 g/mol. The SMILES string of the molecule is COc1cc(N2CCN(C(=O)Cn3nc4ncccc4c3Cl)CC2)ccc1Cl.COc1cc(N2CCNCC2)ccc1Cl.O=C(O)Cn1nc2ncccc2c1Cl. The number of methoxy groups -OCH3 is 2. The number of amides is 1. The Kier molecular flexibility index (Phi) is 14.1. The molecular formula is C38H40Cl4N10O5. The quantitative estimate of drug-likeness (QED) is 0.184. The largest absolute Gasteiger partial charge is 0.495 e. The van der Waals surface area contributed by atoms with Crippen LogP contribution in [0.1, 0.15) is 0 Å². The summed E-state index contributed by atoms with van der Waals surface area (Å²) < 4.78 is 13.2. The highest BCUT2D eigenvalue weighted by molar-refractivity contribution is 6.35. The van der Waals surface area contributed by atoms with Crippen molar-refractivity contribution in [1.29, 1.82) is 0 Å². The number of nitrogens with zero attached hydrogens (tertiary/aromatic N) is 9. The van der Waals surface area contributed by atoms with Gasteiger partial charge in [-0.1, -0.05) is 46.4 Å². The van der Waals surface area contributed by atoms with Gasteiger partial charge in [0, 0.05) is 88.3 Å². The second-order valence-electron chi connectivity index (χ2n) is 12.8. The number of hydrogen-bond acceptors (Lipinski definition) is 11. The number of aromatic nitrogens is 6. The van der Waals surface area contributed by atoms with Crippen molar-refractivity contribution >= 4 is 91.7 Å². The molecule has 2 aromatic carbocycles. The van der Waals surface area contributed by atoms with Crippen LogP contribution in [0.3, 0.4) is 0 Å². The minimum atomic E-state index is -0.986. The third kappa shape index (κ3) is 10.3. The molecule has 300 valence electrons. The van der Waals surface area contributed by atoms with Gasteiger partial charge in [0.2, 0.25) is 5.91 Å². The van der Waals surface area contributed by atoms with Crippen molar-refractivity contribution in [3.05, 3.63) is 93.4 Å². The lowest BCUT2D eigenvalue weighted by Gasteiger charge is -2.36. The summed E-state index contributed by atoms with van der Waals surface area (Å²) >= 11 is 24.3. The molecule has 0 spiro atoms. The highest BCUT2D eigenvalue weighted by atomic mass is 35.5. The molecule has 0 radical (unpaired) electrons. The molecule has 6 heterocycles. The molecule has 0 bridgehead atoms. The molecule has 1 amide bonds. The molecule has 0 atom stereocenters. The number of anilines is 2. The summed E-state index contributed by atoms with van der Waals surface area (Å²) in [6.07, 6.45) is 3.24. The molecule has 2 aliphatic heterocycles. The number of fused-ring (bicyclic) bond motifs is 2. The van der Waals surface area contributed by atoms with Crippen LogP contribution in [-0.4, -0.2) is 118 Å². The van der Waals surface area contributed by atoms with Crippen LogP contribution in [0.5, 0.6) is 11.5 Å². The normalized spacial score (nSPS) is 14.1. The first-order chi connectivity index (χ1) is 27.6. The molecular weight excluding hydrogens is 818 g/mol. The van der Waals surface area contributed by atoms with E-state index in [4.69, 9.17) is 61.0 Å². The van der Waals surface area contributed by atoms with E-state index in [9.17, 15) is 9.59 Å². The maximum absolute atomic E-state index is 12.7. The van der Waals surface area contributed by atoms with E-state index < -0.39 is 5.97 Å². The van der Waals surface area contributed by atoms with Crippen LogP contribution >= 0.6 is 46.4 Å². The van der Waals surface area contributed by atoms with Gasteiger partial charge in [0.15, 0.2) is 11.3 Å². The predicted molar refractivity (Wildman–Crippen MR) is 223 cm³/mol. The van der Waals surface area contributed by atoms with Gasteiger partial charge < -0.3 is 34.6 Å². The molecule has 15 nitrogen and oxygen atoms in total. The molecule has 6 aromatic rings. The molecule has 19 heteroatoms. The fraction of sp³-hybridized carbons (Fsp3) is 0.316. The smallest absolute Gasteiger partial charge is 0.325 e. The maximum Gasteiger partial charge on any atom is 0.325 e.